The average Bonchev–Trinajstić information content (AvgIpc) is 2.91. The van der Waals surface area contributed by atoms with E-state index in [0.29, 0.717) is 23.6 Å². The number of ether oxygens (including phenoxy) is 4. The van der Waals surface area contributed by atoms with Crippen LogP contribution >= 0.6 is 0 Å². The van der Waals surface area contributed by atoms with Crippen molar-refractivity contribution in [2.45, 2.75) is 18.6 Å². The van der Waals surface area contributed by atoms with Gasteiger partial charge in [0.25, 0.3) is 0 Å². The summed E-state index contributed by atoms with van der Waals surface area (Å²) >= 11 is 0. The van der Waals surface area contributed by atoms with Crippen molar-refractivity contribution in [1.82, 2.24) is 4.90 Å². The number of esters is 1. The van der Waals surface area contributed by atoms with E-state index >= 15 is 0 Å². The van der Waals surface area contributed by atoms with Gasteiger partial charge < -0.3 is 24.1 Å². The van der Waals surface area contributed by atoms with E-state index in [9.17, 15) is 9.90 Å². The maximum Gasteiger partial charge on any atom is 0.337 e. The molecule has 7 nitrogen and oxygen atoms in total. The second kappa shape index (κ2) is 11.3. The molecule has 0 fully saturated rings. The molecule has 0 spiro atoms. The summed E-state index contributed by atoms with van der Waals surface area (Å²) in [5.41, 5.74) is 3.95. The SMILES string of the molecule is COC(=O)c1ccc(OC[C@@H](O)CN2CCc3cc(OC)c(OC)cc3[C@H]2c2ccccc2)cc1. The summed E-state index contributed by atoms with van der Waals surface area (Å²) in [6.45, 7) is 1.36. The molecule has 7 heteroatoms. The highest BCUT2D eigenvalue weighted by molar-refractivity contribution is 5.89. The Labute approximate surface area is 205 Å². The van der Waals surface area contributed by atoms with E-state index < -0.39 is 12.1 Å². The highest BCUT2D eigenvalue weighted by atomic mass is 16.5. The molecule has 3 aromatic rings. The van der Waals surface area contributed by atoms with E-state index in [2.05, 4.69) is 23.1 Å². The summed E-state index contributed by atoms with van der Waals surface area (Å²) in [6.07, 6.45) is 0.130. The molecular weight excluding hydrogens is 446 g/mol. The van der Waals surface area contributed by atoms with Crippen LogP contribution in [0.4, 0.5) is 0 Å². The summed E-state index contributed by atoms with van der Waals surface area (Å²) in [5.74, 6) is 1.59. The molecule has 184 valence electrons. The van der Waals surface area contributed by atoms with Crippen molar-refractivity contribution in [3.8, 4) is 17.2 Å². The zero-order valence-electron chi connectivity index (χ0n) is 20.3. The molecule has 0 saturated heterocycles. The molecule has 2 atom stereocenters. The number of carbonyl (C=O) groups is 1. The van der Waals surface area contributed by atoms with Crippen LogP contribution in [0, 0.1) is 0 Å². The maximum atomic E-state index is 11.6. The number of nitrogens with zero attached hydrogens (tertiary/aromatic N) is 1. The lowest BCUT2D eigenvalue weighted by atomic mass is 9.87. The third-order valence-corrected chi connectivity index (χ3v) is 6.25. The molecule has 0 radical (unpaired) electrons. The fraction of sp³-hybridized carbons (Fsp3) is 0.321. The van der Waals surface area contributed by atoms with Crippen LogP contribution in [0.5, 0.6) is 17.2 Å². The number of hydrogen-bond acceptors (Lipinski definition) is 7. The Morgan fingerprint density at radius 1 is 1.00 bits per heavy atom. The van der Waals surface area contributed by atoms with Gasteiger partial charge in [-0.25, -0.2) is 4.79 Å². The molecule has 1 heterocycles. The lowest BCUT2D eigenvalue weighted by molar-refractivity contribution is 0.0551. The van der Waals surface area contributed by atoms with Crippen molar-refractivity contribution in [3.63, 3.8) is 0 Å². The van der Waals surface area contributed by atoms with Gasteiger partial charge in [-0.15, -0.1) is 0 Å². The predicted octanol–water partition coefficient (Wildman–Crippen LogP) is 3.88. The van der Waals surface area contributed by atoms with Gasteiger partial charge in [-0.1, -0.05) is 30.3 Å². The van der Waals surface area contributed by atoms with E-state index in [-0.39, 0.29) is 12.6 Å². The molecule has 4 rings (SSSR count). The molecule has 0 aliphatic carbocycles. The minimum absolute atomic E-state index is 0.0336. The van der Waals surface area contributed by atoms with E-state index in [0.717, 1.165) is 29.8 Å². The van der Waals surface area contributed by atoms with Crippen molar-refractivity contribution < 1.29 is 28.8 Å². The number of aliphatic hydroxyl groups is 1. The van der Waals surface area contributed by atoms with Gasteiger partial charge in [0.15, 0.2) is 11.5 Å². The summed E-state index contributed by atoms with van der Waals surface area (Å²) in [6, 6.07) is 21.0. The van der Waals surface area contributed by atoms with Gasteiger partial charge in [0, 0.05) is 13.1 Å². The molecule has 0 saturated carbocycles. The lowest BCUT2D eigenvalue weighted by Crippen LogP contribution is -2.42. The first kappa shape index (κ1) is 24.6. The van der Waals surface area contributed by atoms with Crippen molar-refractivity contribution in [2.75, 3.05) is 41.0 Å². The van der Waals surface area contributed by atoms with Gasteiger partial charge in [0.05, 0.1) is 32.9 Å². The first-order valence-corrected chi connectivity index (χ1v) is 11.6. The third kappa shape index (κ3) is 5.58. The van der Waals surface area contributed by atoms with Crippen LogP contribution in [0.1, 0.15) is 33.1 Å². The number of fused-ring (bicyclic) bond motifs is 1. The Balaban J connectivity index is 1.51. The average molecular weight is 478 g/mol. The molecule has 0 amide bonds. The van der Waals surface area contributed by atoms with Crippen molar-refractivity contribution in [1.29, 1.82) is 0 Å². The Morgan fingerprint density at radius 2 is 1.69 bits per heavy atom. The Bertz CT molecular complexity index is 1130. The zero-order valence-corrected chi connectivity index (χ0v) is 20.3. The Morgan fingerprint density at radius 3 is 2.34 bits per heavy atom. The molecule has 0 aromatic heterocycles. The number of hydrogen-bond donors (Lipinski definition) is 1. The first-order valence-electron chi connectivity index (χ1n) is 11.6. The van der Waals surface area contributed by atoms with Crippen LogP contribution in [-0.4, -0.2) is 63.1 Å². The van der Waals surface area contributed by atoms with E-state index in [1.165, 1.54) is 12.7 Å². The van der Waals surface area contributed by atoms with Gasteiger partial charge in [0.2, 0.25) is 0 Å². The largest absolute Gasteiger partial charge is 0.493 e. The predicted molar refractivity (Wildman–Crippen MR) is 132 cm³/mol. The fourth-order valence-corrected chi connectivity index (χ4v) is 4.54. The van der Waals surface area contributed by atoms with Crippen LogP contribution in [0.2, 0.25) is 0 Å². The number of β-amino-alcohol motifs (C(OH)–C–C–N with tert-alkyl or cyclic N) is 1. The van der Waals surface area contributed by atoms with Crippen molar-refractivity contribution >= 4 is 5.97 Å². The van der Waals surface area contributed by atoms with Crippen LogP contribution in [0.3, 0.4) is 0 Å². The Kier molecular flexibility index (Phi) is 7.90. The molecule has 1 aliphatic rings. The van der Waals surface area contributed by atoms with Gasteiger partial charge in [0.1, 0.15) is 18.5 Å². The number of benzene rings is 3. The smallest absolute Gasteiger partial charge is 0.337 e. The normalized spacial score (nSPS) is 16.2. The van der Waals surface area contributed by atoms with Gasteiger partial charge in [-0.05, 0) is 59.5 Å². The summed E-state index contributed by atoms with van der Waals surface area (Å²) < 4.78 is 21.6. The minimum Gasteiger partial charge on any atom is -0.493 e. The summed E-state index contributed by atoms with van der Waals surface area (Å²) in [4.78, 5) is 13.9. The number of rotatable bonds is 9. The number of aliphatic hydroxyl groups excluding tert-OH is 1. The molecule has 0 unspecified atom stereocenters. The van der Waals surface area contributed by atoms with E-state index in [1.807, 2.05) is 24.3 Å². The molecule has 35 heavy (non-hydrogen) atoms. The molecular formula is C28H31NO6. The van der Waals surface area contributed by atoms with E-state index in [1.54, 1.807) is 38.5 Å². The Hall–Kier alpha value is -3.55. The molecule has 1 N–H and O–H groups in total. The third-order valence-electron chi connectivity index (χ3n) is 6.25. The van der Waals surface area contributed by atoms with Gasteiger partial charge in [-0.3, -0.25) is 4.90 Å². The second-order valence-electron chi connectivity index (χ2n) is 8.44. The fourth-order valence-electron chi connectivity index (χ4n) is 4.54. The number of carbonyl (C=O) groups excluding carboxylic acids is 1. The van der Waals surface area contributed by atoms with Crippen molar-refractivity contribution in [2.24, 2.45) is 0 Å². The highest BCUT2D eigenvalue weighted by Gasteiger charge is 2.31. The van der Waals surface area contributed by atoms with Gasteiger partial charge in [-0.2, -0.15) is 0 Å². The standard InChI is InChI=1S/C28H31NO6/c1-32-25-15-21-13-14-29(27(19-7-5-4-6-8-19)24(21)16-26(25)33-2)17-22(30)18-35-23-11-9-20(10-12-23)28(31)34-3/h4-12,15-16,22,27,30H,13-14,17-18H2,1-3H3/t22-,27+/m0/s1. The molecule has 3 aromatic carbocycles. The zero-order chi connectivity index (χ0) is 24.8. The molecule has 0 bridgehead atoms. The number of methoxy groups -OCH3 is 3. The maximum absolute atomic E-state index is 11.6. The summed E-state index contributed by atoms with van der Waals surface area (Å²) in [7, 11) is 4.63. The topological polar surface area (TPSA) is 77.5 Å². The van der Waals surface area contributed by atoms with Crippen molar-refractivity contribution in [3.05, 3.63) is 89.0 Å². The van der Waals surface area contributed by atoms with Crippen LogP contribution < -0.4 is 14.2 Å². The van der Waals surface area contributed by atoms with E-state index in [4.69, 9.17) is 18.9 Å². The first-order chi connectivity index (χ1) is 17.0. The monoisotopic (exact) mass is 477 g/mol. The van der Waals surface area contributed by atoms with Crippen LogP contribution in [-0.2, 0) is 11.2 Å². The van der Waals surface area contributed by atoms with Crippen LogP contribution in [0.15, 0.2) is 66.7 Å². The molecule has 1 aliphatic heterocycles. The second-order valence-corrected chi connectivity index (χ2v) is 8.44. The minimum atomic E-state index is -0.705. The summed E-state index contributed by atoms with van der Waals surface area (Å²) in [5, 5.41) is 10.9. The van der Waals surface area contributed by atoms with Gasteiger partial charge >= 0.3 is 5.97 Å². The van der Waals surface area contributed by atoms with Crippen LogP contribution in [0.25, 0.3) is 0 Å². The highest BCUT2D eigenvalue weighted by Crippen LogP contribution is 2.41. The quantitative estimate of drug-likeness (QED) is 0.469. The lowest BCUT2D eigenvalue weighted by Gasteiger charge is -2.39.